The Labute approximate surface area is 119 Å². The summed E-state index contributed by atoms with van der Waals surface area (Å²) in [5.74, 6) is 1.38. The van der Waals surface area contributed by atoms with Crippen molar-refractivity contribution in [1.29, 1.82) is 0 Å². The van der Waals surface area contributed by atoms with Crippen LogP contribution in [0.5, 0.6) is 11.5 Å². The Balaban J connectivity index is 1.75. The van der Waals surface area contributed by atoms with Gasteiger partial charge in [-0.25, -0.2) is 4.39 Å². The van der Waals surface area contributed by atoms with Gasteiger partial charge in [-0.05, 0) is 44.0 Å². The number of piperidine rings is 1. The molecule has 2 unspecified atom stereocenters. The van der Waals surface area contributed by atoms with Gasteiger partial charge in [0.2, 0.25) is 0 Å². The van der Waals surface area contributed by atoms with E-state index < -0.39 is 5.67 Å². The maximum absolute atomic E-state index is 15.0. The van der Waals surface area contributed by atoms with Crippen molar-refractivity contribution in [2.45, 2.75) is 44.3 Å². The Morgan fingerprint density at radius 1 is 1.25 bits per heavy atom. The fourth-order valence-electron chi connectivity index (χ4n) is 3.05. The molecule has 1 saturated heterocycles. The highest BCUT2D eigenvalue weighted by molar-refractivity contribution is 5.45. The van der Waals surface area contributed by atoms with E-state index >= 15 is 4.39 Å². The average Bonchev–Trinajstić information content (AvgIpc) is 2.47. The van der Waals surface area contributed by atoms with Crippen LogP contribution in [0.4, 0.5) is 4.39 Å². The predicted octanol–water partition coefficient (Wildman–Crippen LogP) is 3.17. The van der Waals surface area contributed by atoms with Gasteiger partial charge in [-0.15, -0.1) is 0 Å². The molecule has 0 saturated carbocycles. The van der Waals surface area contributed by atoms with Crippen molar-refractivity contribution >= 4 is 0 Å². The maximum Gasteiger partial charge on any atom is 0.161 e. The van der Waals surface area contributed by atoms with E-state index in [9.17, 15) is 0 Å². The molecule has 2 heterocycles. The van der Waals surface area contributed by atoms with Crippen LogP contribution >= 0.6 is 0 Å². The normalized spacial score (nSPS) is 25.0. The Kier molecular flexibility index (Phi) is 3.83. The summed E-state index contributed by atoms with van der Waals surface area (Å²) in [6.07, 6.45) is 3.95. The number of alkyl halides is 1. The zero-order chi connectivity index (χ0) is 14.0. The molecule has 1 N–H and O–H groups in total. The first-order valence-electron chi connectivity index (χ1n) is 7.47. The van der Waals surface area contributed by atoms with Gasteiger partial charge >= 0.3 is 0 Å². The molecule has 1 aromatic rings. The van der Waals surface area contributed by atoms with Crippen LogP contribution in [-0.4, -0.2) is 25.8 Å². The molecule has 0 aliphatic carbocycles. The van der Waals surface area contributed by atoms with Gasteiger partial charge in [-0.2, -0.15) is 0 Å². The van der Waals surface area contributed by atoms with Crippen molar-refractivity contribution in [3.05, 3.63) is 23.8 Å². The lowest BCUT2D eigenvalue weighted by Gasteiger charge is -2.31. The van der Waals surface area contributed by atoms with Gasteiger partial charge in [-0.1, -0.05) is 12.5 Å². The molecule has 0 bridgehead atoms. The zero-order valence-corrected chi connectivity index (χ0v) is 12.0. The molecule has 1 fully saturated rings. The number of nitrogens with one attached hydrogen (secondary N) is 1. The average molecular weight is 279 g/mol. The first-order chi connectivity index (χ1) is 9.65. The Hall–Kier alpha value is -1.29. The molecular weight excluding hydrogens is 257 g/mol. The summed E-state index contributed by atoms with van der Waals surface area (Å²) in [5, 5.41) is 3.41. The molecule has 0 aromatic heterocycles. The Bertz CT molecular complexity index is 470. The molecule has 110 valence electrons. The van der Waals surface area contributed by atoms with Crippen LogP contribution in [0.15, 0.2) is 18.2 Å². The fourth-order valence-corrected chi connectivity index (χ4v) is 3.05. The number of benzene rings is 1. The van der Waals surface area contributed by atoms with Crippen molar-refractivity contribution in [3.8, 4) is 11.5 Å². The monoisotopic (exact) mass is 279 g/mol. The highest BCUT2D eigenvalue weighted by atomic mass is 19.1. The molecule has 4 heteroatoms. The summed E-state index contributed by atoms with van der Waals surface area (Å²) in [6, 6.07) is 5.69. The van der Waals surface area contributed by atoms with Gasteiger partial charge in [0.05, 0.1) is 0 Å². The molecule has 3 rings (SSSR count). The minimum atomic E-state index is -1.34. The number of rotatable bonds is 3. The minimum Gasteiger partial charge on any atom is -0.486 e. The lowest BCUT2D eigenvalue weighted by atomic mass is 9.87. The van der Waals surface area contributed by atoms with Crippen LogP contribution in [0.25, 0.3) is 0 Å². The number of hydrogen-bond donors (Lipinski definition) is 1. The van der Waals surface area contributed by atoms with E-state index in [4.69, 9.17) is 9.47 Å². The second-order valence-electron chi connectivity index (χ2n) is 5.91. The summed E-state index contributed by atoms with van der Waals surface area (Å²) in [4.78, 5) is 0. The van der Waals surface area contributed by atoms with E-state index in [1.807, 2.05) is 12.1 Å². The van der Waals surface area contributed by atoms with Crippen LogP contribution in [0.1, 0.15) is 38.2 Å². The lowest BCUT2D eigenvalue weighted by Crippen LogP contribution is -2.38. The third kappa shape index (κ3) is 2.90. The van der Waals surface area contributed by atoms with Crippen LogP contribution in [0, 0.1) is 0 Å². The van der Waals surface area contributed by atoms with E-state index in [-0.39, 0.29) is 6.04 Å². The van der Waals surface area contributed by atoms with E-state index in [2.05, 4.69) is 5.32 Å². The van der Waals surface area contributed by atoms with Gasteiger partial charge < -0.3 is 14.8 Å². The first kappa shape index (κ1) is 13.7. The standard InChI is InChI=1S/C16H22FNO2/c1-16(17,11-13-4-2-3-7-18-13)12-5-6-14-15(10-12)20-9-8-19-14/h5-6,10,13,18H,2-4,7-9,11H2,1H3. The summed E-state index contributed by atoms with van der Waals surface area (Å²) in [6.45, 7) is 3.76. The van der Waals surface area contributed by atoms with Crippen LogP contribution in [-0.2, 0) is 5.67 Å². The van der Waals surface area contributed by atoms with Crippen molar-refractivity contribution in [1.82, 2.24) is 5.32 Å². The van der Waals surface area contributed by atoms with Gasteiger partial charge in [0.15, 0.2) is 11.5 Å². The minimum absolute atomic E-state index is 0.270. The zero-order valence-electron chi connectivity index (χ0n) is 12.0. The molecule has 3 nitrogen and oxygen atoms in total. The molecule has 0 amide bonds. The molecule has 2 atom stereocenters. The number of fused-ring (bicyclic) bond motifs is 1. The molecule has 0 radical (unpaired) electrons. The van der Waals surface area contributed by atoms with E-state index in [0.717, 1.165) is 13.0 Å². The largest absolute Gasteiger partial charge is 0.486 e. The highest BCUT2D eigenvalue weighted by Crippen LogP contribution is 2.38. The second-order valence-corrected chi connectivity index (χ2v) is 5.91. The first-order valence-corrected chi connectivity index (χ1v) is 7.47. The Morgan fingerprint density at radius 2 is 2.05 bits per heavy atom. The van der Waals surface area contributed by atoms with Gasteiger partial charge in [0.1, 0.15) is 18.9 Å². The fraction of sp³-hybridized carbons (Fsp3) is 0.625. The number of hydrogen-bond acceptors (Lipinski definition) is 3. The molecule has 1 aromatic carbocycles. The maximum atomic E-state index is 15.0. The Morgan fingerprint density at radius 3 is 2.80 bits per heavy atom. The third-order valence-electron chi connectivity index (χ3n) is 4.19. The third-order valence-corrected chi connectivity index (χ3v) is 4.19. The van der Waals surface area contributed by atoms with E-state index in [1.165, 1.54) is 12.8 Å². The smallest absolute Gasteiger partial charge is 0.161 e. The second kappa shape index (κ2) is 5.60. The summed E-state index contributed by atoms with van der Waals surface area (Å²) < 4.78 is 26.1. The highest BCUT2D eigenvalue weighted by Gasteiger charge is 2.31. The van der Waals surface area contributed by atoms with Crippen LogP contribution in [0.3, 0.4) is 0 Å². The van der Waals surface area contributed by atoms with Gasteiger partial charge in [0.25, 0.3) is 0 Å². The van der Waals surface area contributed by atoms with Crippen LogP contribution in [0.2, 0.25) is 0 Å². The van der Waals surface area contributed by atoms with E-state index in [1.54, 1.807) is 13.0 Å². The molecule has 2 aliphatic rings. The molecule has 2 aliphatic heterocycles. The van der Waals surface area contributed by atoms with E-state index in [0.29, 0.717) is 36.7 Å². The summed E-state index contributed by atoms with van der Waals surface area (Å²) in [5.41, 5.74) is -0.667. The van der Waals surface area contributed by atoms with Crippen molar-refractivity contribution < 1.29 is 13.9 Å². The number of ether oxygens (including phenoxy) is 2. The van der Waals surface area contributed by atoms with Crippen LogP contribution < -0.4 is 14.8 Å². The SMILES string of the molecule is CC(F)(CC1CCCCN1)c1ccc2c(c1)OCCO2. The van der Waals surface area contributed by atoms with Gasteiger partial charge in [0, 0.05) is 12.5 Å². The topological polar surface area (TPSA) is 30.5 Å². The van der Waals surface area contributed by atoms with Gasteiger partial charge in [-0.3, -0.25) is 0 Å². The molecule has 0 spiro atoms. The summed E-state index contributed by atoms with van der Waals surface area (Å²) >= 11 is 0. The summed E-state index contributed by atoms with van der Waals surface area (Å²) in [7, 11) is 0. The lowest BCUT2D eigenvalue weighted by molar-refractivity contribution is 0.142. The molecule has 20 heavy (non-hydrogen) atoms. The van der Waals surface area contributed by atoms with Crippen molar-refractivity contribution in [3.63, 3.8) is 0 Å². The number of halogens is 1. The van der Waals surface area contributed by atoms with Crippen molar-refractivity contribution in [2.24, 2.45) is 0 Å². The van der Waals surface area contributed by atoms with Crippen molar-refractivity contribution in [2.75, 3.05) is 19.8 Å². The molecular formula is C16H22FNO2. The quantitative estimate of drug-likeness (QED) is 0.922. The predicted molar refractivity (Wildman–Crippen MR) is 76.2 cm³/mol.